The van der Waals surface area contributed by atoms with Gasteiger partial charge in [-0.2, -0.15) is 0 Å². The van der Waals surface area contributed by atoms with E-state index in [0.29, 0.717) is 5.82 Å². The highest BCUT2D eigenvalue weighted by Crippen LogP contribution is 2.21. The van der Waals surface area contributed by atoms with Crippen LogP contribution in [0.4, 0.5) is 4.39 Å². The van der Waals surface area contributed by atoms with E-state index in [1.165, 1.54) is 16.7 Å². The molecule has 0 spiro atoms. The van der Waals surface area contributed by atoms with Crippen molar-refractivity contribution in [2.75, 3.05) is 0 Å². The predicted octanol–water partition coefficient (Wildman–Crippen LogP) is 2.66. The Bertz CT molecular complexity index is 825. The number of halogens is 2. The van der Waals surface area contributed by atoms with E-state index in [1.807, 2.05) is 0 Å². The lowest BCUT2D eigenvalue weighted by molar-refractivity contribution is 0.375. The fourth-order valence-electron chi connectivity index (χ4n) is 2.11. The average Bonchev–Trinajstić information content (AvgIpc) is 2.85. The Kier molecular flexibility index (Phi) is 4.02. The van der Waals surface area contributed by atoms with Crippen LogP contribution in [-0.2, 0) is 13.0 Å². The highest BCUT2D eigenvalue weighted by Gasteiger charge is 2.15. The smallest absolute Gasteiger partial charge is 0.296 e. The second-order valence-corrected chi connectivity index (χ2v) is 5.09. The van der Waals surface area contributed by atoms with Gasteiger partial charge in [-0.15, -0.1) is 0 Å². The van der Waals surface area contributed by atoms with Crippen molar-refractivity contribution >= 4 is 11.6 Å². The molecule has 0 aliphatic carbocycles. The van der Waals surface area contributed by atoms with Gasteiger partial charge in [-0.3, -0.25) is 14.1 Å². The van der Waals surface area contributed by atoms with Crippen LogP contribution < -0.4 is 5.76 Å². The Morgan fingerprint density at radius 2 is 2.00 bits per heavy atom. The summed E-state index contributed by atoms with van der Waals surface area (Å²) >= 11 is 6.00. The number of aromatic nitrogens is 3. The normalized spacial score (nSPS) is 10.8. The molecule has 0 fully saturated rings. The molecule has 2 aromatic heterocycles. The molecule has 0 amide bonds. The molecular formula is C15H11ClFN3O2. The number of pyridine rings is 1. The second-order valence-electron chi connectivity index (χ2n) is 4.68. The van der Waals surface area contributed by atoms with E-state index in [1.54, 1.807) is 30.6 Å². The third-order valence-corrected chi connectivity index (χ3v) is 3.60. The summed E-state index contributed by atoms with van der Waals surface area (Å²) in [5, 5.41) is 4.01. The van der Waals surface area contributed by atoms with Crippen LogP contribution in [0.5, 0.6) is 0 Å². The molecule has 0 atom stereocenters. The second kappa shape index (κ2) is 6.11. The van der Waals surface area contributed by atoms with Crippen molar-refractivity contribution in [2.24, 2.45) is 0 Å². The molecule has 112 valence electrons. The van der Waals surface area contributed by atoms with Crippen molar-refractivity contribution in [1.29, 1.82) is 0 Å². The van der Waals surface area contributed by atoms with Crippen LogP contribution in [0, 0.1) is 5.82 Å². The van der Waals surface area contributed by atoms with Gasteiger partial charge in [0.15, 0.2) is 5.82 Å². The van der Waals surface area contributed by atoms with E-state index in [-0.39, 0.29) is 23.6 Å². The third kappa shape index (κ3) is 2.92. The molecule has 0 aliphatic heterocycles. The summed E-state index contributed by atoms with van der Waals surface area (Å²) in [4.78, 5) is 15.7. The van der Waals surface area contributed by atoms with Gasteiger partial charge in [0.25, 0.3) is 0 Å². The minimum Gasteiger partial charge on any atom is -0.296 e. The fourth-order valence-corrected chi connectivity index (χ4v) is 2.34. The summed E-state index contributed by atoms with van der Waals surface area (Å²) in [5.74, 6) is -0.730. The van der Waals surface area contributed by atoms with Crippen molar-refractivity contribution in [1.82, 2.24) is 14.7 Å². The van der Waals surface area contributed by atoms with Crippen molar-refractivity contribution < 1.29 is 8.91 Å². The van der Waals surface area contributed by atoms with Gasteiger partial charge in [-0.05, 0) is 29.8 Å². The number of hydrogen-bond donors (Lipinski definition) is 0. The van der Waals surface area contributed by atoms with Gasteiger partial charge in [0.1, 0.15) is 5.82 Å². The molecule has 22 heavy (non-hydrogen) atoms. The van der Waals surface area contributed by atoms with E-state index < -0.39 is 11.6 Å². The molecule has 3 rings (SSSR count). The quantitative estimate of drug-likeness (QED) is 0.741. The van der Waals surface area contributed by atoms with Crippen molar-refractivity contribution in [2.45, 2.75) is 13.0 Å². The zero-order valence-corrected chi connectivity index (χ0v) is 12.1. The topological polar surface area (TPSA) is 60.9 Å². The lowest BCUT2D eigenvalue weighted by Crippen LogP contribution is -2.18. The first-order valence-corrected chi connectivity index (χ1v) is 6.90. The molecular weight excluding hydrogens is 309 g/mol. The number of rotatable bonds is 4. The van der Waals surface area contributed by atoms with Crippen LogP contribution in [0.2, 0.25) is 5.02 Å². The van der Waals surface area contributed by atoms with E-state index in [9.17, 15) is 9.18 Å². The molecule has 7 heteroatoms. The summed E-state index contributed by atoms with van der Waals surface area (Å²) in [7, 11) is 0. The highest BCUT2D eigenvalue weighted by molar-refractivity contribution is 6.31. The predicted molar refractivity (Wildman–Crippen MR) is 78.3 cm³/mol. The Morgan fingerprint density at radius 3 is 2.73 bits per heavy atom. The molecule has 0 radical (unpaired) electrons. The van der Waals surface area contributed by atoms with E-state index in [2.05, 4.69) is 10.1 Å². The standard InChI is InChI=1S/C15H11ClFN3O2/c16-12-2-1-3-13(17)11(12)8-14-19-22-15(21)20(14)9-10-4-6-18-7-5-10/h1-7H,8-9H2. The summed E-state index contributed by atoms with van der Waals surface area (Å²) in [6.45, 7) is 0.270. The maximum atomic E-state index is 13.9. The molecule has 2 heterocycles. The monoisotopic (exact) mass is 319 g/mol. The molecule has 0 N–H and O–H groups in total. The van der Waals surface area contributed by atoms with E-state index >= 15 is 0 Å². The molecule has 5 nitrogen and oxygen atoms in total. The maximum Gasteiger partial charge on any atom is 0.441 e. The number of benzene rings is 1. The van der Waals surface area contributed by atoms with Crippen LogP contribution >= 0.6 is 11.6 Å². The van der Waals surface area contributed by atoms with Gasteiger partial charge in [0.05, 0.1) is 6.54 Å². The molecule has 0 saturated carbocycles. The molecule has 1 aromatic carbocycles. The number of nitrogens with zero attached hydrogens (tertiary/aromatic N) is 3. The Morgan fingerprint density at radius 1 is 1.23 bits per heavy atom. The van der Waals surface area contributed by atoms with Gasteiger partial charge in [-0.25, -0.2) is 9.18 Å². The SMILES string of the molecule is O=c1onc(Cc2c(F)cccc2Cl)n1Cc1ccncc1. The fraction of sp³-hybridized carbons (Fsp3) is 0.133. The van der Waals surface area contributed by atoms with Crippen LogP contribution in [0.3, 0.4) is 0 Å². The Hall–Kier alpha value is -2.47. The first-order chi connectivity index (χ1) is 10.6. The summed E-state index contributed by atoms with van der Waals surface area (Å²) in [5.41, 5.74) is 1.14. The van der Waals surface area contributed by atoms with Crippen molar-refractivity contribution in [3.63, 3.8) is 0 Å². The molecule has 0 bridgehead atoms. The third-order valence-electron chi connectivity index (χ3n) is 3.25. The Balaban J connectivity index is 1.94. The van der Waals surface area contributed by atoms with E-state index in [0.717, 1.165) is 5.56 Å². The Labute approximate surface area is 130 Å². The maximum absolute atomic E-state index is 13.9. The lowest BCUT2D eigenvalue weighted by Gasteiger charge is -2.07. The zero-order valence-electron chi connectivity index (χ0n) is 11.4. The van der Waals surface area contributed by atoms with Crippen LogP contribution in [0.25, 0.3) is 0 Å². The largest absolute Gasteiger partial charge is 0.441 e. The minimum absolute atomic E-state index is 0.0718. The molecule has 0 saturated heterocycles. The summed E-state index contributed by atoms with van der Waals surface area (Å²) < 4.78 is 19.9. The summed E-state index contributed by atoms with van der Waals surface area (Å²) in [6, 6.07) is 7.98. The van der Waals surface area contributed by atoms with Gasteiger partial charge in [-0.1, -0.05) is 22.8 Å². The summed E-state index contributed by atoms with van der Waals surface area (Å²) in [6.07, 6.45) is 3.32. The van der Waals surface area contributed by atoms with Crippen LogP contribution in [-0.4, -0.2) is 14.7 Å². The first-order valence-electron chi connectivity index (χ1n) is 6.52. The van der Waals surface area contributed by atoms with Gasteiger partial charge in [0, 0.05) is 29.4 Å². The molecule has 0 unspecified atom stereocenters. The highest BCUT2D eigenvalue weighted by atomic mass is 35.5. The van der Waals surface area contributed by atoms with E-state index in [4.69, 9.17) is 16.1 Å². The number of hydrogen-bond acceptors (Lipinski definition) is 4. The lowest BCUT2D eigenvalue weighted by atomic mass is 10.1. The van der Waals surface area contributed by atoms with Crippen LogP contribution in [0.1, 0.15) is 17.0 Å². The molecule has 3 aromatic rings. The van der Waals surface area contributed by atoms with Gasteiger partial charge >= 0.3 is 5.76 Å². The first kappa shape index (κ1) is 14.5. The van der Waals surface area contributed by atoms with Crippen molar-refractivity contribution in [3.8, 4) is 0 Å². The van der Waals surface area contributed by atoms with Crippen LogP contribution in [0.15, 0.2) is 52.0 Å². The van der Waals surface area contributed by atoms with Gasteiger partial charge in [0.2, 0.25) is 0 Å². The zero-order chi connectivity index (χ0) is 15.5. The minimum atomic E-state index is -0.598. The van der Waals surface area contributed by atoms with Crippen molar-refractivity contribution in [3.05, 3.63) is 81.1 Å². The van der Waals surface area contributed by atoms with Gasteiger partial charge < -0.3 is 0 Å². The average molecular weight is 320 g/mol. The molecule has 0 aliphatic rings.